The zero-order chi connectivity index (χ0) is 24.5. The summed E-state index contributed by atoms with van der Waals surface area (Å²) >= 11 is 1.52. The lowest BCUT2D eigenvalue weighted by Gasteiger charge is -2.21. The number of carbonyl (C=O) groups is 1. The molecule has 0 unspecified atom stereocenters. The largest absolute Gasteiger partial charge is 0.309 e. The Morgan fingerprint density at radius 1 is 1.06 bits per heavy atom. The summed E-state index contributed by atoms with van der Waals surface area (Å²) < 4.78 is 28.3. The van der Waals surface area contributed by atoms with Crippen LogP contribution >= 0.6 is 11.3 Å². The second kappa shape index (κ2) is 10.1. The van der Waals surface area contributed by atoms with Gasteiger partial charge in [-0.25, -0.2) is 13.4 Å². The van der Waals surface area contributed by atoms with Crippen molar-refractivity contribution in [3.63, 3.8) is 0 Å². The van der Waals surface area contributed by atoms with Gasteiger partial charge in [-0.05, 0) is 95.2 Å². The zero-order valence-electron chi connectivity index (χ0n) is 20.2. The average molecular weight is 501 g/mol. The van der Waals surface area contributed by atoms with E-state index in [0.29, 0.717) is 30.3 Å². The Morgan fingerprint density at radius 2 is 1.74 bits per heavy atom. The van der Waals surface area contributed by atoms with Crippen LogP contribution in [0.2, 0.25) is 0 Å². The Balaban J connectivity index is 1.63. The Bertz CT molecular complexity index is 1280. The van der Waals surface area contributed by atoms with E-state index in [4.69, 9.17) is 4.98 Å². The highest BCUT2D eigenvalue weighted by Gasteiger charge is 2.28. The second-order valence-electron chi connectivity index (χ2n) is 9.18. The van der Waals surface area contributed by atoms with Crippen molar-refractivity contribution >= 4 is 42.6 Å². The number of hydrogen-bond donors (Lipinski definition) is 0. The van der Waals surface area contributed by atoms with Crippen LogP contribution in [0.4, 0.5) is 5.13 Å². The van der Waals surface area contributed by atoms with E-state index in [-0.39, 0.29) is 10.8 Å². The number of hydrogen-bond acceptors (Lipinski definition) is 6. The third-order valence-corrected chi connectivity index (χ3v) is 9.22. The molecule has 1 aromatic heterocycles. The minimum absolute atomic E-state index is 0.169. The predicted molar refractivity (Wildman–Crippen MR) is 138 cm³/mol. The van der Waals surface area contributed by atoms with Crippen LogP contribution in [-0.4, -0.2) is 68.8 Å². The minimum atomic E-state index is -3.51. The van der Waals surface area contributed by atoms with Crippen LogP contribution in [0.5, 0.6) is 0 Å². The fraction of sp³-hybridized carbons (Fsp3) is 0.440. The van der Waals surface area contributed by atoms with Gasteiger partial charge in [-0.15, -0.1) is 0 Å². The van der Waals surface area contributed by atoms with E-state index in [1.165, 1.54) is 15.6 Å². The van der Waals surface area contributed by atoms with Gasteiger partial charge in [0.25, 0.3) is 5.91 Å². The third kappa shape index (κ3) is 5.17. The summed E-state index contributed by atoms with van der Waals surface area (Å²) in [5.74, 6) is -0.169. The topological polar surface area (TPSA) is 73.8 Å². The molecule has 3 aromatic rings. The van der Waals surface area contributed by atoms with Gasteiger partial charge in [-0.3, -0.25) is 9.69 Å². The normalized spacial score (nSPS) is 14.9. The van der Waals surface area contributed by atoms with Crippen molar-refractivity contribution in [1.82, 2.24) is 14.2 Å². The number of nitrogens with zero attached hydrogens (tertiary/aromatic N) is 4. The lowest BCUT2D eigenvalue weighted by molar-refractivity contribution is 0.0986. The Labute approximate surface area is 206 Å². The molecular weight excluding hydrogens is 468 g/mol. The van der Waals surface area contributed by atoms with Crippen molar-refractivity contribution < 1.29 is 13.2 Å². The molecule has 0 radical (unpaired) electrons. The van der Waals surface area contributed by atoms with Crippen molar-refractivity contribution in [1.29, 1.82) is 0 Å². The van der Waals surface area contributed by atoms with Gasteiger partial charge in [-0.2, -0.15) is 4.31 Å². The number of sulfonamides is 1. The molecule has 1 aliphatic rings. The summed E-state index contributed by atoms with van der Waals surface area (Å²) in [4.78, 5) is 22.4. The molecule has 34 heavy (non-hydrogen) atoms. The zero-order valence-corrected chi connectivity index (χ0v) is 21.9. The molecule has 0 aliphatic carbocycles. The van der Waals surface area contributed by atoms with Crippen molar-refractivity contribution in [2.24, 2.45) is 0 Å². The maximum Gasteiger partial charge on any atom is 0.260 e. The standard InChI is InChI=1S/C25H32N4O3S2/c1-18-16-19(2)23-22(17-18)26-25(33-23)29(15-7-12-27(3)4)24(30)20-8-10-21(11-9-20)34(31,32)28-13-5-6-14-28/h8-11,16-17H,5-7,12-15H2,1-4H3. The van der Waals surface area contributed by atoms with E-state index in [2.05, 4.69) is 17.9 Å². The Morgan fingerprint density at radius 3 is 2.38 bits per heavy atom. The van der Waals surface area contributed by atoms with Gasteiger partial charge >= 0.3 is 0 Å². The highest BCUT2D eigenvalue weighted by atomic mass is 32.2. The van der Waals surface area contributed by atoms with Gasteiger partial charge in [-0.1, -0.05) is 17.4 Å². The molecule has 4 rings (SSSR count). The fourth-order valence-electron chi connectivity index (χ4n) is 4.31. The number of aryl methyl sites for hydroxylation is 2. The number of benzene rings is 2. The lowest BCUT2D eigenvalue weighted by Crippen LogP contribution is -2.33. The van der Waals surface area contributed by atoms with Crippen LogP contribution in [0.25, 0.3) is 10.2 Å². The van der Waals surface area contributed by atoms with E-state index in [9.17, 15) is 13.2 Å². The van der Waals surface area contributed by atoms with Crippen LogP contribution in [0, 0.1) is 13.8 Å². The molecule has 0 saturated carbocycles. The average Bonchev–Trinajstić information content (AvgIpc) is 3.47. The molecule has 0 bridgehead atoms. The van der Waals surface area contributed by atoms with Crippen molar-refractivity contribution in [2.45, 2.75) is 38.0 Å². The summed E-state index contributed by atoms with van der Waals surface area (Å²) in [6.07, 6.45) is 2.58. The molecule has 0 atom stereocenters. The summed E-state index contributed by atoms with van der Waals surface area (Å²) in [6, 6.07) is 10.5. The molecule has 182 valence electrons. The third-order valence-electron chi connectivity index (χ3n) is 6.08. The summed E-state index contributed by atoms with van der Waals surface area (Å²) in [6.45, 7) is 6.60. The Kier molecular flexibility index (Phi) is 7.37. The fourth-order valence-corrected chi connectivity index (χ4v) is 6.87. The molecule has 1 saturated heterocycles. The van der Waals surface area contributed by atoms with Crippen LogP contribution in [-0.2, 0) is 10.0 Å². The molecule has 1 amide bonds. The first-order valence-corrected chi connectivity index (χ1v) is 13.9. The summed E-state index contributed by atoms with van der Waals surface area (Å²) in [7, 11) is 0.508. The highest BCUT2D eigenvalue weighted by Crippen LogP contribution is 2.33. The maximum atomic E-state index is 13.6. The highest BCUT2D eigenvalue weighted by molar-refractivity contribution is 7.89. The SMILES string of the molecule is Cc1cc(C)c2sc(N(CCCN(C)C)C(=O)c3ccc(S(=O)(=O)N4CCCC4)cc3)nc2c1. The van der Waals surface area contributed by atoms with Crippen LogP contribution in [0.3, 0.4) is 0 Å². The second-order valence-corrected chi connectivity index (χ2v) is 12.1. The van der Waals surface area contributed by atoms with Crippen molar-refractivity contribution in [3.05, 3.63) is 53.1 Å². The van der Waals surface area contributed by atoms with Crippen LogP contribution in [0.1, 0.15) is 40.7 Å². The Hall–Kier alpha value is -2.33. The molecule has 1 fully saturated rings. The molecule has 0 spiro atoms. The van der Waals surface area contributed by atoms with E-state index in [0.717, 1.165) is 47.2 Å². The maximum absolute atomic E-state index is 13.6. The van der Waals surface area contributed by atoms with Gasteiger partial charge in [0.15, 0.2) is 5.13 Å². The number of amides is 1. The molecule has 7 nitrogen and oxygen atoms in total. The quantitative estimate of drug-likeness (QED) is 0.461. The van der Waals surface area contributed by atoms with E-state index >= 15 is 0 Å². The number of fused-ring (bicyclic) bond motifs is 1. The number of thiazole rings is 1. The van der Waals surface area contributed by atoms with Crippen molar-refractivity contribution in [2.75, 3.05) is 45.2 Å². The molecule has 0 N–H and O–H groups in total. The molecule has 1 aliphatic heterocycles. The predicted octanol–water partition coefficient (Wildman–Crippen LogP) is 4.30. The summed E-state index contributed by atoms with van der Waals surface area (Å²) in [5.41, 5.74) is 3.64. The minimum Gasteiger partial charge on any atom is -0.309 e. The number of aromatic nitrogens is 1. The molecule has 9 heteroatoms. The van der Waals surface area contributed by atoms with E-state index in [1.54, 1.807) is 29.2 Å². The van der Waals surface area contributed by atoms with Gasteiger partial charge < -0.3 is 4.90 Å². The van der Waals surface area contributed by atoms with Crippen LogP contribution < -0.4 is 4.90 Å². The van der Waals surface area contributed by atoms with Crippen molar-refractivity contribution in [3.8, 4) is 0 Å². The number of anilines is 1. The van der Waals surface area contributed by atoms with Crippen LogP contribution in [0.15, 0.2) is 41.3 Å². The van der Waals surface area contributed by atoms with E-state index in [1.807, 2.05) is 27.1 Å². The molecule has 2 heterocycles. The first-order chi connectivity index (χ1) is 16.2. The lowest BCUT2D eigenvalue weighted by atomic mass is 10.1. The van der Waals surface area contributed by atoms with Gasteiger partial charge in [0.1, 0.15) is 0 Å². The van der Waals surface area contributed by atoms with Gasteiger partial charge in [0, 0.05) is 25.2 Å². The first kappa shape index (κ1) is 24.8. The van der Waals surface area contributed by atoms with E-state index < -0.39 is 10.0 Å². The van der Waals surface area contributed by atoms with Gasteiger partial charge in [0.2, 0.25) is 10.0 Å². The van der Waals surface area contributed by atoms with Gasteiger partial charge in [0.05, 0.1) is 15.1 Å². The number of carbonyl (C=O) groups excluding carboxylic acids is 1. The molecule has 2 aromatic carbocycles. The number of rotatable bonds is 8. The molecular formula is C25H32N4O3S2. The monoisotopic (exact) mass is 500 g/mol. The smallest absolute Gasteiger partial charge is 0.260 e. The first-order valence-electron chi connectivity index (χ1n) is 11.6. The summed E-state index contributed by atoms with van der Waals surface area (Å²) in [5, 5.41) is 0.668.